The summed E-state index contributed by atoms with van der Waals surface area (Å²) < 4.78 is 6.24. The summed E-state index contributed by atoms with van der Waals surface area (Å²) in [5.74, 6) is 1.16. The summed E-state index contributed by atoms with van der Waals surface area (Å²) in [4.78, 5) is 1.08. The van der Waals surface area contributed by atoms with E-state index in [0.29, 0.717) is 5.75 Å². The van der Waals surface area contributed by atoms with Crippen LogP contribution in [0.3, 0.4) is 0 Å². The average Bonchev–Trinajstić information content (AvgIpc) is 2.60. The smallest absolute Gasteiger partial charge is 0.136 e. The number of thiophene rings is 1. The van der Waals surface area contributed by atoms with Crippen LogP contribution < -0.4 is 4.74 Å². The van der Waals surface area contributed by atoms with Gasteiger partial charge in [-0.3, -0.25) is 0 Å². The summed E-state index contributed by atoms with van der Waals surface area (Å²) in [5.41, 5.74) is 0. The van der Waals surface area contributed by atoms with Crippen molar-refractivity contribution in [1.82, 2.24) is 0 Å². The van der Waals surface area contributed by atoms with Gasteiger partial charge < -0.3 is 9.84 Å². The lowest BCUT2D eigenvalue weighted by atomic mass is 10.2. The molecule has 0 aliphatic heterocycles. The minimum Gasteiger partial charge on any atom is -0.506 e. The van der Waals surface area contributed by atoms with E-state index >= 15 is 0 Å². The molecule has 2 aromatic rings. The first-order valence-electron chi connectivity index (χ1n) is 4.09. The summed E-state index contributed by atoms with van der Waals surface area (Å²) in [6.07, 6.45) is 2.00. The molecule has 2 rings (SSSR count). The van der Waals surface area contributed by atoms with Crippen molar-refractivity contribution in [2.75, 3.05) is 13.4 Å². The minimum atomic E-state index is 0.341. The monoisotopic (exact) mass is 226 g/mol. The van der Waals surface area contributed by atoms with Crippen LogP contribution in [-0.2, 0) is 0 Å². The van der Waals surface area contributed by atoms with Crippen molar-refractivity contribution in [2.45, 2.75) is 4.90 Å². The molecule has 1 heterocycles. The molecule has 0 unspecified atom stereocenters. The maximum atomic E-state index is 9.68. The first-order chi connectivity index (χ1) is 6.77. The second kappa shape index (κ2) is 3.71. The van der Waals surface area contributed by atoms with Gasteiger partial charge in [0.25, 0.3) is 0 Å². The largest absolute Gasteiger partial charge is 0.506 e. The molecule has 0 fully saturated rings. The maximum Gasteiger partial charge on any atom is 0.136 e. The van der Waals surface area contributed by atoms with Gasteiger partial charge in [0.2, 0.25) is 0 Å². The van der Waals surface area contributed by atoms with Crippen LogP contribution in [0.25, 0.3) is 10.1 Å². The van der Waals surface area contributed by atoms with E-state index < -0.39 is 0 Å². The Labute approximate surface area is 90.5 Å². The fourth-order valence-electron chi connectivity index (χ4n) is 1.41. The molecule has 74 valence electrons. The van der Waals surface area contributed by atoms with Crippen LogP contribution >= 0.6 is 23.1 Å². The van der Waals surface area contributed by atoms with Crippen LogP contribution in [-0.4, -0.2) is 18.5 Å². The van der Waals surface area contributed by atoms with E-state index in [2.05, 4.69) is 0 Å². The first-order valence-corrected chi connectivity index (χ1v) is 6.19. The third kappa shape index (κ3) is 1.35. The van der Waals surface area contributed by atoms with E-state index in [4.69, 9.17) is 4.74 Å². The SMILES string of the molecule is COc1ccc(SC)c2c(O)csc12. The fourth-order valence-corrected chi connectivity index (χ4v) is 3.04. The summed E-state index contributed by atoms with van der Waals surface area (Å²) in [5, 5.41) is 12.3. The Morgan fingerprint density at radius 3 is 2.86 bits per heavy atom. The van der Waals surface area contributed by atoms with Gasteiger partial charge >= 0.3 is 0 Å². The molecule has 1 N–H and O–H groups in total. The van der Waals surface area contributed by atoms with E-state index in [-0.39, 0.29) is 0 Å². The van der Waals surface area contributed by atoms with E-state index in [9.17, 15) is 5.11 Å². The zero-order chi connectivity index (χ0) is 10.1. The molecule has 1 aromatic carbocycles. The predicted molar refractivity (Wildman–Crippen MR) is 61.8 cm³/mol. The minimum absolute atomic E-state index is 0.341. The van der Waals surface area contributed by atoms with Gasteiger partial charge in [-0.1, -0.05) is 0 Å². The van der Waals surface area contributed by atoms with Crippen LogP contribution in [0.4, 0.5) is 0 Å². The topological polar surface area (TPSA) is 29.5 Å². The van der Waals surface area contributed by atoms with Crippen LogP contribution in [0, 0.1) is 0 Å². The number of thioether (sulfide) groups is 1. The molecule has 4 heteroatoms. The number of aromatic hydroxyl groups is 1. The summed E-state index contributed by atoms with van der Waals surface area (Å²) >= 11 is 3.13. The highest BCUT2D eigenvalue weighted by Gasteiger charge is 2.11. The van der Waals surface area contributed by atoms with Crippen molar-refractivity contribution in [3.63, 3.8) is 0 Å². The Kier molecular flexibility index (Phi) is 2.56. The predicted octanol–water partition coefficient (Wildman–Crippen LogP) is 3.34. The zero-order valence-electron chi connectivity index (χ0n) is 7.90. The molecule has 0 saturated heterocycles. The molecule has 0 aliphatic rings. The number of hydrogen-bond donors (Lipinski definition) is 1. The lowest BCUT2D eigenvalue weighted by Crippen LogP contribution is -1.83. The number of fused-ring (bicyclic) bond motifs is 1. The van der Waals surface area contributed by atoms with Gasteiger partial charge in [0.05, 0.1) is 17.2 Å². The van der Waals surface area contributed by atoms with Gasteiger partial charge in [-0.05, 0) is 18.4 Å². The van der Waals surface area contributed by atoms with Crippen molar-refractivity contribution in [2.24, 2.45) is 0 Å². The molecular weight excluding hydrogens is 216 g/mol. The Hall–Kier alpha value is -0.870. The van der Waals surface area contributed by atoms with Gasteiger partial charge in [0, 0.05) is 10.3 Å². The van der Waals surface area contributed by atoms with Gasteiger partial charge in [0.1, 0.15) is 11.5 Å². The number of methoxy groups -OCH3 is 1. The molecule has 0 bridgehead atoms. The third-order valence-corrected chi connectivity index (χ3v) is 3.83. The molecule has 0 amide bonds. The van der Waals surface area contributed by atoms with Gasteiger partial charge in [0.15, 0.2) is 0 Å². The molecule has 14 heavy (non-hydrogen) atoms. The van der Waals surface area contributed by atoms with E-state index in [1.54, 1.807) is 24.3 Å². The van der Waals surface area contributed by atoms with E-state index in [1.165, 1.54) is 11.3 Å². The fraction of sp³-hybridized carbons (Fsp3) is 0.200. The number of ether oxygens (including phenoxy) is 1. The second-order valence-electron chi connectivity index (χ2n) is 2.80. The lowest BCUT2D eigenvalue weighted by Gasteiger charge is -2.04. The normalized spacial score (nSPS) is 10.7. The van der Waals surface area contributed by atoms with Crippen LogP contribution in [0.15, 0.2) is 22.4 Å². The Morgan fingerprint density at radius 1 is 1.43 bits per heavy atom. The molecule has 0 atom stereocenters. The van der Waals surface area contributed by atoms with Gasteiger partial charge in [-0.2, -0.15) is 0 Å². The lowest BCUT2D eigenvalue weighted by molar-refractivity contribution is 0.420. The molecule has 0 aliphatic carbocycles. The first kappa shape index (κ1) is 9.68. The number of benzene rings is 1. The summed E-state index contributed by atoms with van der Waals surface area (Å²) in [7, 11) is 1.64. The molecular formula is C10H10O2S2. The average molecular weight is 226 g/mol. The molecule has 0 saturated carbocycles. The maximum absolute atomic E-state index is 9.68. The zero-order valence-corrected chi connectivity index (χ0v) is 9.54. The summed E-state index contributed by atoms with van der Waals surface area (Å²) in [6, 6.07) is 3.91. The molecule has 2 nitrogen and oxygen atoms in total. The van der Waals surface area contributed by atoms with Crippen LogP contribution in [0.1, 0.15) is 0 Å². The van der Waals surface area contributed by atoms with E-state index in [0.717, 1.165) is 20.7 Å². The highest BCUT2D eigenvalue weighted by molar-refractivity contribution is 7.98. The molecule has 0 spiro atoms. The third-order valence-electron chi connectivity index (χ3n) is 2.07. The Morgan fingerprint density at radius 2 is 2.21 bits per heavy atom. The van der Waals surface area contributed by atoms with Crippen LogP contribution in [0.5, 0.6) is 11.5 Å². The van der Waals surface area contributed by atoms with Crippen molar-refractivity contribution in [3.05, 3.63) is 17.5 Å². The molecule has 0 radical (unpaired) electrons. The van der Waals surface area contributed by atoms with Gasteiger partial charge in [-0.25, -0.2) is 0 Å². The van der Waals surface area contributed by atoms with Crippen LogP contribution in [0.2, 0.25) is 0 Å². The quantitative estimate of drug-likeness (QED) is 0.796. The number of hydrogen-bond acceptors (Lipinski definition) is 4. The summed E-state index contributed by atoms with van der Waals surface area (Å²) in [6.45, 7) is 0. The second-order valence-corrected chi connectivity index (χ2v) is 4.52. The number of rotatable bonds is 2. The van der Waals surface area contributed by atoms with Crippen molar-refractivity contribution in [3.8, 4) is 11.5 Å². The molecule has 1 aromatic heterocycles. The standard InChI is InChI=1S/C10H10O2S2/c1-12-7-3-4-8(13-2)9-6(11)5-14-10(7)9/h3-5,11H,1-2H3. The van der Waals surface area contributed by atoms with Crippen molar-refractivity contribution in [1.29, 1.82) is 0 Å². The van der Waals surface area contributed by atoms with Gasteiger partial charge in [-0.15, -0.1) is 23.1 Å². The highest BCUT2D eigenvalue weighted by Crippen LogP contribution is 2.42. The van der Waals surface area contributed by atoms with Crippen molar-refractivity contribution >= 4 is 33.2 Å². The van der Waals surface area contributed by atoms with E-state index in [1.807, 2.05) is 18.4 Å². The Bertz CT molecular complexity index is 462. The van der Waals surface area contributed by atoms with Crippen molar-refractivity contribution < 1.29 is 9.84 Å². The Balaban J connectivity index is 2.81. The highest BCUT2D eigenvalue weighted by atomic mass is 32.2.